The van der Waals surface area contributed by atoms with Crippen LogP contribution in [0.15, 0.2) is 54.6 Å². The number of carbonyl (C=O) groups excluding carboxylic acids is 2. The molecule has 2 N–H and O–H groups in total. The maximum Gasteiger partial charge on any atom is 0.335 e. The van der Waals surface area contributed by atoms with Crippen LogP contribution in [0, 0.1) is 17.8 Å². The first-order chi connectivity index (χ1) is 19.9. The largest absolute Gasteiger partial charge is 0.462 e. The Morgan fingerprint density at radius 3 is 2.22 bits per heavy atom. The van der Waals surface area contributed by atoms with Crippen LogP contribution in [0.25, 0.3) is 5.57 Å². The minimum atomic E-state index is -0.558. The van der Waals surface area contributed by atoms with E-state index in [1.807, 2.05) is 0 Å². The average molecular weight is 569 g/mol. The van der Waals surface area contributed by atoms with Crippen molar-refractivity contribution in [1.29, 1.82) is 0 Å². The summed E-state index contributed by atoms with van der Waals surface area (Å²) < 4.78 is 10.7. The van der Waals surface area contributed by atoms with Gasteiger partial charge in [-0.05, 0) is 66.6 Å². The molecule has 3 rings (SSSR count). The second-order valence-corrected chi connectivity index (χ2v) is 11.6. The van der Waals surface area contributed by atoms with Gasteiger partial charge in [-0.3, -0.25) is 4.79 Å². The van der Waals surface area contributed by atoms with Crippen molar-refractivity contribution in [3.05, 3.63) is 65.8 Å². The molecule has 0 bridgehead atoms. The highest BCUT2D eigenvalue weighted by Gasteiger charge is 2.28. The minimum absolute atomic E-state index is 0.0497. The first-order valence-electron chi connectivity index (χ1n) is 15.3. The van der Waals surface area contributed by atoms with Gasteiger partial charge in [0, 0.05) is 18.6 Å². The van der Waals surface area contributed by atoms with Crippen LogP contribution in [0.5, 0.6) is 0 Å². The zero-order valence-electron chi connectivity index (χ0n) is 25.3. The third kappa shape index (κ3) is 12.1. The Bertz CT molecular complexity index is 971. The van der Waals surface area contributed by atoms with Crippen molar-refractivity contribution in [1.82, 2.24) is 0 Å². The lowest BCUT2D eigenvalue weighted by molar-refractivity contribution is -0.140. The van der Waals surface area contributed by atoms with Crippen LogP contribution >= 0.6 is 0 Å². The second-order valence-electron chi connectivity index (χ2n) is 11.6. The number of benzene rings is 1. The van der Waals surface area contributed by atoms with E-state index in [-0.39, 0.29) is 30.3 Å². The molecule has 1 saturated carbocycles. The molecule has 0 radical (unpaired) electrons. The maximum atomic E-state index is 11.9. The molecule has 0 spiro atoms. The van der Waals surface area contributed by atoms with Crippen LogP contribution in [0.3, 0.4) is 0 Å². The summed E-state index contributed by atoms with van der Waals surface area (Å²) in [7, 11) is 1.65. The maximum absolute atomic E-state index is 11.9. The fourth-order valence-corrected chi connectivity index (χ4v) is 5.97. The Balaban J connectivity index is 0.000000883. The molecule has 2 unspecified atom stereocenters. The summed E-state index contributed by atoms with van der Waals surface area (Å²) >= 11 is 0. The molecule has 0 aromatic heterocycles. The van der Waals surface area contributed by atoms with E-state index in [2.05, 4.69) is 50.4 Å². The molecule has 1 aromatic carbocycles. The first-order valence-corrected chi connectivity index (χ1v) is 15.3. The Kier molecular flexibility index (Phi) is 16.5. The van der Waals surface area contributed by atoms with Crippen LogP contribution in [-0.2, 0) is 19.1 Å². The van der Waals surface area contributed by atoms with Crippen molar-refractivity contribution in [2.45, 2.75) is 83.5 Å². The van der Waals surface area contributed by atoms with Crippen LogP contribution in [0.4, 0.5) is 0 Å². The molecule has 0 heterocycles. The number of methoxy groups -OCH3 is 1. The average Bonchev–Trinajstić information content (AvgIpc) is 3.03. The third-order valence-corrected chi connectivity index (χ3v) is 8.61. The Hall–Kier alpha value is -2.54. The lowest BCUT2D eigenvalue weighted by atomic mass is 9.70. The topological polar surface area (TPSA) is 93.1 Å². The first kappa shape index (κ1) is 34.7. The number of hydrogen-bond acceptors (Lipinski definition) is 6. The molecule has 228 valence electrons. The van der Waals surface area contributed by atoms with E-state index in [9.17, 15) is 9.59 Å². The van der Waals surface area contributed by atoms with Gasteiger partial charge in [-0.15, -0.1) is 0 Å². The van der Waals surface area contributed by atoms with Crippen molar-refractivity contribution >= 4 is 17.8 Å². The van der Waals surface area contributed by atoms with Gasteiger partial charge < -0.3 is 19.7 Å². The molecule has 41 heavy (non-hydrogen) atoms. The van der Waals surface area contributed by atoms with Crippen LogP contribution in [0.2, 0.25) is 0 Å². The van der Waals surface area contributed by atoms with E-state index in [0.29, 0.717) is 12.9 Å². The number of hydrogen-bond donors (Lipinski definition) is 2. The van der Waals surface area contributed by atoms with Gasteiger partial charge in [0.2, 0.25) is 0 Å². The fraction of sp³-hybridized carbons (Fsp3) is 0.600. The Morgan fingerprint density at radius 1 is 1.00 bits per heavy atom. The lowest BCUT2D eigenvalue weighted by Crippen LogP contribution is -2.23. The predicted octanol–water partition coefficient (Wildman–Crippen LogP) is 6.81. The van der Waals surface area contributed by atoms with Crippen LogP contribution < -0.4 is 0 Å². The van der Waals surface area contributed by atoms with Gasteiger partial charge >= 0.3 is 5.97 Å². The molecule has 2 atom stereocenters. The van der Waals surface area contributed by atoms with E-state index >= 15 is 0 Å². The summed E-state index contributed by atoms with van der Waals surface area (Å²) in [4.78, 5) is 21.3. The number of aliphatic hydroxyl groups is 2. The fourth-order valence-electron chi connectivity index (χ4n) is 5.97. The van der Waals surface area contributed by atoms with E-state index in [1.165, 1.54) is 81.8 Å². The monoisotopic (exact) mass is 568 g/mol. The molecule has 2 aliphatic carbocycles. The summed E-state index contributed by atoms with van der Waals surface area (Å²) in [6.07, 6.45) is 18.1. The minimum Gasteiger partial charge on any atom is -0.462 e. The second kappa shape index (κ2) is 19.6. The highest BCUT2D eigenvalue weighted by molar-refractivity contribution is 5.87. The summed E-state index contributed by atoms with van der Waals surface area (Å²) in [5.41, 5.74) is 4.14. The molecule has 1 fully saturated rings. The molecule has 6 heteroatoms. The van der Waals surface area contributed by atoms with Gasteiger partial charge in [-0.1, -0.05) is 88.9 Å². The summed E-state index contributed by atoms with van der Waals surface area (Å²) in [6.45, 7) is 9.04. The van der Waals surface area contributed by atoms with E-state index < -0.39 is 12.6 Å². The third-order valence-electron chi connectivity index (χ3n) is 8.61. The number of carbonyl (C=O) groups is 2. The summed E-state index contributed by atoms with van der Waals surface area (Å²) in [6, 6.07) is 8.64. The van der Waals surface area contributed by atoms with Gasteiger partial charge in [0.25, 0.3) is 0 Å². The highest BCUT2D eigenvalue weighted by atomic mass is 16.5. The zero-order chi connectivity index (χ0) is 30.0. The molecular formula is C35H52O6. The van der Waals surface area contributed by atoms with Crippen molar-refractivity contribution in [2.24, 2.45) is 17.8 Å². The SMILES string of the molecule is C=C(C=O)CO.C=C(CO)C(=O)OCC(COC)c1ccc(C2=CCC(C3CCC(CCCCC)CC3)CC2)cc1. The summed E-state index contributed by atoms with van der Waals surface area (Å²) in [5.74, 6) is 2.18. The summed E-state index contributed by atoms with van der Waals surface area (Å²) in [5, 5.41) is 17.1. The quantitative estimate of drug-likeness (QED) is 0.104. The van der Waals surface area contributed by atoms with E-state index in [1.54, 1.807) is 7.11 Å². The van der Waals surface area contributed by atoms with Crippen LogP contribution in [0.1, 0.15) is 94.6 Å². The molecule has 6 nitrogen and oxygen atoms in total. The normalized spacial score (nSPS) is 21.1. The molecule has 0 saturated heterocycles. The smallest absolute Gasteiger partial charge is 0.335 e. The number of esters is 1. The van der Waals surface area contributed by atoms with Crippen molar-refractivity contribution in [3.63, 3.8) is 0 Å². The van der Waals surface area contributed by atoms with Gasteiger partial charge in [0.05, 0.1) is 25.4 Å². The van der Waals surface area contributed by atoms with Crippen molar-refractivity contribution < 1.29 is 29.3 Å². The van der Waals surface area contributed by atoms with Gasteiger partial charge in [0.15, 0.2) is 0 Å². The number of aliphatic hydroxyl groups excluding tert-OH is 2. The van der Waals surface area contributed by atoms with E-state index in [4.69, 9.17) is 19.7 Å². The molecular weight excluding hydrogens is 516 g/mol. The van der Waals surface area contributed by atoms with Crippen LogP contribution in [-0.4, -0.2) is 56.0 Å². The number of aldehydes is 1. The van der Waals surface area contributed by atoms with Crippen molar-refractivity contribution in [2.75, 3.05) is 33.5 Å². The van der Waals surface area contributed by atoms with Gasteiger partial charge in [-0.2, -0.15) is 0 Å². The van der Waals surface area contributed by atoms with E-state index in [0.717, 1.165) is 23.3 Å². The zero-order valence-corrected chi connectivity index (χ0v) is 25.3. The lowest BCUT2D eigenvalue weighted by Gasteiger charge is -2.35. The molecule has 0 amide bonds. The standard InChI is InChI=1S/C31H46O4.C4H6O2/c1-4-5-6-7-24-8-10-25(11-9-24)26-12-14-27(15-13-26)28-16-18-29(19-17-28)30(21-34-3)22-35-31(33)23(2)20-32;1-4(2-5)3-6/h14,16-19,24-26,30,32H,2,4-13,15,20-22H2,1,3H3;2,6H,1,3H2. The number of unbranched alkanes of at least 4 members (excludes halogenated alkanes) is 2. The number of ether oxygens (including phenoxy) is 2. The van der Waals surface area contributed by atoms with Gasteiger partial charge in [-0.25, -0.2) is 4.79 Å². The Morgan fingerprint density at radius 2 is 1.71 bits per heavy atom. The Labute approximate surface area is 247 Å². The number of allylic oxidation sites excluding steroid dienone is 2. The number of rotatable bonds is 15. The molecule has 0 aliphatic heterocycles. The van der Waals surface area contributed by atoms with Gasteiger partial charge in [0.1, 0.15) is 12.9 Å². The predicted molar refractivity (Wildman–Crippen MR) is 165 cm³/mol. The molecule has 2 aliphatic rings. The molecule has 1 aromatic rings. The van der Waals surface area contributed by atoms with Crippen molar-refractivity contribution in [3.8, 4) is 0 Å². The highest BCUT2D eigenvalue weighted by Crippen LogP contribution is 2.42.